The van der Waals surface area contributed by atoms with Gasteiger partial charge in [0, 0.05) is 25.6 Å². The number of carbonyl (C=O) groups is 1. The number of anilines is 2. The number of rotatable bonds is 7. The summed E-state index contributed by atoms with van der Waals surface area (Å²) in [6, 6.07) is 7.55. The molecular weight excluding hydrogens is 422 g/mol. The fourth-order valence-corrected chi connectivity index (χ4v) is 5.18. The fourth-order valence-electron chi connectivity index (χ4n) is 5.18. The molecule has 2 aliphatic heterocycles. The summed E-state index contributed by atoms with van der Waals surface area (Å²) >= 11 is 0. The van der Waals surface area contributed by atoms with Crippen molar-refractivity contribution in [3.8, 4) is 11.5 Å². The van der Waals surface area contributed by atoms with E-state index in [-0.39, 0.29) is 28.8 Å². The van der Waals surface area contributed by atoms with Gasteiger partial charge in [0.1, 0.15) is 24.1 Å². The first kappa shape index (κ1) is 21.8. The largest absolute Gasteiger partial charge is 0.486 e. The van der Waals surface area contributed by atoms with E-state index in [1.807, 2.05) is 29.2 Å². The number of amides is 1. The summed E-state index contributed by atoms with van der Waals surface area (Å²) in [5, 5.41) is 6.28. The lowest BCUT2D eigenvalue weighted by atomic mass is 9.81. The van der Waals surface area contributed by atoms with Crippen molar-refractivity contribution in [3.05, 3.63) is 44.7 Å². The Hall–Kier alpha value is -3.03. The third-order valence-electron chi connectivity index (χ3n) is 7.16. The van der Waals surface area contributed by atoms with Gasteiger partial charge in [-0.15, -0.1) is 0 Å². The van der Waals surface area contributed by atoms with Crippen LogP contribution in [0.15, 0.2) is 33.9 Å². The minimum atomic E-state index is -0.388. The molecule has 0 aromatic heterocycles. The molecule has 8 nitrogen and oxygen atoms in total. The lowest BCUT2D eigenvalue weighted by Crippen LogP contribution is -2.43. The molecule has 0 spiro atoms. The van der Waals surface area contributed by atoms with Crippen molar-refractivity contribution in [2.24, 2.45) is 11.8 Å². The Morgan fingerprint density at radius 2 is 1.70 bits per heavy atom. The molecule has 8 heteroatoms. The maximum Gasteiger partial charge on any atom is 0.253 e. The van der Waals surface area contributed by atoms with Crippen molar-refractivity contribution in [2.75, 3.05) is 43.0 Å². The second kappa shape index (κ2) is 9.45. The number of fused-ring (bicyclic) bond motifs is 1. The quantitative estimate of drug-likeness (QED) is 0.620. The zero-order chi connectivity index (χ0) is 22.8. The van der Waals surface area contributed by atoms with Crippen LogP contribution in [0, 0.1) is 11.8 Å². The summed E-state index contributed by atoms with van der Waals surface area (Å²) in [6.45, 7) is 3.23. The molecule has 2 aromatic carbocycles. The van der Waals surface area contributed by atoms with E-state index < -0.39 is 0 Å². The summed E-state index contributed by atoms with van der Waals surface area (Å²) in [7, 11) is 0. The number of hydrogen-bond acceptors (Lipinski definition) is 7. The molecule has 176 valence electrons. The van der Waals surface area contributed by atoms with Crippen molar-refractivity contribution in [1.29, 1.82) is 0 Å². The second-order valence-electron chi connectivity index (χ2n) is 9.42. The Morgan fingerprint density at radius 3 is 2.45 bits per heavy atom. The van der Waals surface area contributed by atoms with Gasteiger partial charge >= 0.3 is 0 Å². The van der Waals surface area contributed by atoms with Gasteiger partial charge < -0.3 is 25.0 Å². The van der Waals surface area contributed by atoms with Crippen LogP contribution in [0.25, 0.3) is 0 Å². The Morgan fingerprint density at radius 1 is 0.970 bits per heavy atom. The van der Waals surface area contributed by atoms with Crippen molar-refractivity contribution in [3.63, 3.8) is 0 Å². The van der Waals surface area contributed by atoms with Gasteiger partial charge in [0.05, 0.1) is 6.54 Å². The Bertz CT molecular complexity index is 1060. The van der Waals surface area contributed by atoms with Gasteiger partial charge in [-0.25, -0.2) is 0 Å². The number of carbonyl (C=O) groups excluding carboxylic acids is 1. The monoisotopic (exact) mass is 453 g/mol. The second-order valence-corrected chi connectivity index (χ2v) is 9.42. The first-order chi connectivity index (χ1) is 16.1. The van der Waals surface area contributed by atoms with Gasteiger partial charge in [-0.3, -0.25) is 14.4 Å². The summed E-state index contributed by atoms with van der Waals surface area (Å²) in [6.07, 6.45) is 5.45. The number of hydrogen-bond donors (Lipinski definition) is 2. The Kier molecular flexibility index (Phi) is 6.24. The average Bonchev–Trinajstić information content (AvgIpc) is 3.38. The number of para-hydroxylation sites is 2. The minimum absolute atomic E-state index is 0.00401. The average molecular weight is 454 g/mol. The van der Waals surface area contributed by atoms with E-state index >= 15 is 0 Å². The number of ether oxygens (including phenoxy) is 2. The van der Waals surface area contributed by atoms with Crippen molar-refractivity contribution < 1.29 is 14.3 Å². The van der Waals surface area contributed by atoms with E-state index in [0.29, 0.717) is 42.7 Å². The lowest BCUT2D eigenvalue weighted by Gasteiger charge is -2.30. The maximum absolute atomic E-state index is 12.7. The van der Waals surface area contributed by atoms with Crippen molar-refractivity contribution in [1.82, 2.24) is 5.32 Å². The third kappa shape index (κ3) is 4.56. The molecule has 3 aliphatic rings. The molecule has 2 heterocycles. The van der Waals surface area contributed by atoms with Crippen LogP contribution in [0.3, 0.4) is 0 Å². The molecule has 2 aromatic rings. The van der Waals surface area contributed by atoms with Crippen LogP contribution in [0.4, 0.5) is 11.4 Å². The molecule has 1 unspecified atom stereocenters. The first-order valence-electron chi connectivity index (χ1n) is 12.1. The van der Waals surface area contributed by atoms with Crippen LogP contribution in [-0.2, 0) is 4.79 Å². The van der Waals surface area contributed by atoms with Crippen LogP contribution < -0.4 is 35.9 Å². The smallest absolute Gasteiger partial charge is 0.253 e. The molecule has 0 bridgehead atoms. The van der Waals surface area contributed by atoms with Crippen LogP contribution >= 0.6 is 0 Å². The predicted molar refractivity (Wildman–Crippen MR) is 126 cm³/mol. The summed E-state index contributed by atoms with van der Waals surface area (Å²) in [5.74, 6) is 1.93. The van der Waals surface area contributed by atoms with Crippen molar-refractivity contribution in [2.45, 2.75) is 44.6 Å². The fraction of sp³-hybridized carbons (Fsp3) is 0.560. The molecule has 1 amide bonds. The van der Waals surface area contributed by atoms with E-state index in [1.54, 1.807) is 0 Å². The zero-order valence-electron chi connectivity index (χ0n) is 18.8. The van der Waals surface area contributed by atoms with E-state index in [2.05, 4.69) is 10.6 Å². The molecule has 1 saturated heterocycles. The van der Waals surface area contributed by atoms with Crippen molar-refractivity contribution >= 4 is 17.3 Å². The van der Waals surface area contributed by atoms with Crippen LogP contribution in [0.5, 0.6) is 11.5 Å². The summed E-state index contributed by atoms with van der Waals surface area (Å²) in [5.41, 5.74) is 0.345. The summed E-state index contributed by atoms with van der Waals surface area (Å²) < 4.78 is 11.6. The van der Waals surface area contributed by atoms with Crippen LogP contribution in [0.1, 0.15) is 38.5 Å². The molecule has 2 fully saturated rings. The van der Waals surface area contributed by atoms with Gasteiger partial charge in [-0.05, 0) is 56.6 Å². The number of nitrogens with zero attached hydrogens (tertiary/aromatic N) is 1. The zero-order valence-corrected chi connectivity index (χ0v) is 18.8. The van der Waals surface area contributed by atoms with Gasteiger partial charge in [0.15, 0.2) is 11.5 Å². The molecule has 1 aliphatic carbocycles. The van der Waals surface area contributed by atoms with Gasteiger partial charge in [0.25, 0.3) is 10.9 Å². The van der Waals surface area contributed by atoms with Gasteiger partial charge in [-0.1, -0.05) is 12.1 Å². The SMILES string of the molecule is O=C(NCC1COc2ccccc2O1)C1CCC(CNc2c(N3CCCC3)c(=O)c2=O)CC1. The molecule has 2 N–H and O–H groups in total. The van der Waals surface area contributed by atoms with E-state index in [9.17, 15) is 14.4 Å². The Labute approximate surface area is 192 Å². The molecule has 1 saturated carbocycles. The lowest BCUT2D eigenvalue weighted by molar-refractivity contribution is -0.126. The number of benzene rings is 1. The highest BCUT2D eigenvalue weighted by Crippen LogP contribution is 2.32. The van der Waals surface area contributed by atoms with E-state index in [1.165, 1.54) is 0 Å². The van der Waals surface area contributed by atoms with E-state index in [4.69, 9.17) is 9.47 Å². The molecular formula is C25H31N3O5. The van der Waals surface area contributed by atoms with Gasteiger partial charge in [-0.2, -0.15) is 0 Å². The highest BCUT2D eigenvalue weighted by atomic mass is 16.6. The highest BCUT2D eigenvalue weighted by Gasteiger charge is 2.30. The summed E-state index contributed by atoms with van der Waals surface area (Å²) in [4.78, 5) is 38.8. The normalized spacial score (nSPS) is 24.6. The molecule has 5 rings (SSSR count). The molecule has 33 heavy (non-hydrogen) atoms. The van der Waals surface area contributed by atoms with E-state index in [0.717, 1.165) is 57.4 Å². The predicted octanol–water partition coefficient (Wildman–Crippen LogP) is 2.06. The van der Waals surface area contributed by atoms with Gasteiger partial charge in [0.2, 0.25) is 5.91 Å². The minimum Gasteiger partial charge on any atom is -0.486 e. The standard InChI is InChI=1S/C25H31N3O5/c29-23-21(22(24(23)30)28-11-3-4-12-28)26-13-16-7-9-17(10-8-16)25(31)27-14-18-15-32-19-5-1-2-6-20(19)33-18/h1-2,5-6,16-18,26H,3-4,7-15H2,(H,27,31). The first-order valence-corrected chi connectivity index (χ1v) is 12.1. The maximum atomic E-state index is 12.7. The topological polar surface area (TPSA) is 97.0 Å². The van der Waals surface area contributed by atoms with Crippen LogP contribution in [-0.4, -0.2) is 44.8 Å². The highest BCUT2D eigenvalue weighted by molar-refractivity contribution is 5.78. The number of nitrogens with one attached hydrogen (secondary N) is 2. The molecule has 1 atom stereocenters. The molecule has 0 radical (unpaired) electrons. The van der Waals surface area contributed by atoms with Crippen LogP contribution in [0.2, 0.25) is 0 Å². The Balaban J connectivity index is 1.05. The third-order valence-corrected chi connectivity index (χ3v) is 7.16.